The maximum Gasteiger partial charge on any atom is 0.319 e. The Morgan fingerprint density at radius 3 is 2.67 bits per heavy atom. The predicted octanol–water partition coefficient (Wildman–Crippen LogP) is 0.548. The Hall–Kier alpha value is -0.610. The smallest absolute Gasteiger partial charge is 0.319 e. The van der Waals surface area contributed by atoms with Gasteiger partial charge in [-0.05, 0) is 31.2 Å². The first-order valence-corrected chi connectivity index (χ1v) is 5.66. The van der Waals surface area contributed by atoms with Crippen molar-refractivity contribution in [1.29, 1.82) is 0 Å². The predicted molar refractivity (Wildman–Crippen MR) is 57.4 cm³/mol. The van der Waals surface area contributed by atoms with Gasteiger partial charge in [0.1, 0.15) is 0 Å². The third-order valence-corrected chi connectivity index (χ3v) is 3.20. The van der Waals surface area contributed by atoms with Crippen LogP contribution in [0.15, 0.2) is 0 Å². The van der Waals surface area contributed by atoms with Crippen LogP contribution in [0.2, 0.25) is 0 Å². The highest BCUT2D eigenvalue weighted by molar-refractivity contribution is 5.71. The molecule has 1 saturated carbocycles. The fourth-order valence-corrected chi connectivity index (χ4v) is 2.23. The van der Waals surface area contributed by atoms with E-state index in [9.17, 15) is 9.90 Å². The second-order valence-electron chi connectivity index (χ2n) is 4.19. The molecule has 0 aromatic rings. The lowest BCUT2D eigenvalue weighted by Gasteiger charge is -2.30. The van der Waals surface area contributed by atoms with E-state index in [1.165, 1.54) is 20.0 Å². The van der Waals surface area contributed by atoms with Crippen LogP contribution in [0.3, 0.4) is 0 Å². The molecule has 4 nitrogen and oxygen atoms in total. The Balaban J connectivity index is 2.20. The Labute approximate surface area is 91.0 Å². The summed E-state index contributed by atoms with van der Waals surface area (Å²) >= 11 is 0. The van der Waals surface area contributed by atoms with E-state index in [4.69, 9.17) is 0 Å². The molecule has 0 spiro atoms. The Morgan fingerprint density at radius 1 is 1.40 bits per heavy atom. The first kappa shape index (κ1) is 12.5. The quantitative estimate of drug-likeness (QED) is 0.657. The van der Waals surface area contributed by atoms with E-state index in [1.54, 1.807) is 0 Å². The summed E-state index contributed by atoms with van der Waals surface area (Å²) in [6, 6.07) is 0. The molecule has 88 valence electrons. The standard InChI is InChI=1S/C11H21NO3/c1-15-11(14)7-12-6-9-4-2-3-5-10(9)8-13/h9-10,12-13H,2-8H2,1H3. The van der Waals surface area contributed by atoms with E-state index in [0.29, 0.717) is 11.8 Å². The van der Waals surface area contributed by atoms with Crippen LogP contribution in [-0.4, -0.2) is 37.9 Å². The Bertz CT molecular complexity index is 196. The molecule has 4 heteroatoms. The molecule has 0 amide bonds. The molecule has 0 aliphatic heterocycles. The summed E-state index contributed by atoms with van der Waals surface area (Å²) < 4.78 is 4.54. The van der Waals surface area contributed by atoms with Crippen molar-refractivity contribution in [3.8, 4) is 0 Å². The largest absolute Gasteiger partial charge is 0.468 e. The average molecular weight is 215 g/mol. The summed E-state index contributed by atoms with van der Waals surface area (Å²) in [6.45, 7) is 1.34. The second kappa shape index (κ2) is 6.80. The lowest BCUT2D eigenvalue weighted by molar-refractivity contribution is -0.139. The molecular weight excluding hydrogens is 194 g/mol. The monoisotopic (exact) mass is 215 g/mol. The number of aliphatic hydroxyl groups excluding tert-OH is 1. The molecular formula is C11H21NO3. The molecule has 1 rings (SSSR count). The molecule has 2 unspecified atom stereocenters. The first-order chi connectivity index (χ1) is 7.27. The molecule has 0 bridgehead atoms. The van der Waals surface area contributed by atoms with Crippen molar-refractivity contribution in [3.63, 3.8) is 0 Å². The Kier molecular flexibility index (Phi) is 5.65. The van der Waals surface area contributed by atoms with Gasteiger partial charge in [0.15, 0.2) is 0 Å². The Morgan fingerprint density at radius 2 is 2.07 bits per heavy atom. The van der Waals surface area contributed by atoms with E-state index in [-0.39, 0.29) is 19.1 Å². The van der Waals surface area contributed by atoms with Gasteiger partial charge < -0.3 is 15.2 Å². The highest BCUT2D eigenvalue weighted by Gasteiger charge is 2.23. The maximum atomic E-state index is 10.9. The van der Waals surface area contributed by atoms with Gasteiger partial charge in [0, 0.05) is 6.61 Å². The minimum Gasteiger partial charge on any atom is -0.468 e. The zero-order valence-corrected chi connectivity index (χ0v) is 9.37. The number of esters is 1. The van der Waals surface area contributed by atoms with E-state index < -0.39 is 0 Å². The van der Waals surface area contributed by atoms with Crippen molar-refractivity contribution < 1.29 is 14.6 Å². The lowest BCUT2D eigenvalue weighted by Crippen LogP contribution is -2.35. The van der Waals surface area contributed by atoms with Crippen LogP contribution in [0.1, 0.15) is 25.7 Å². The number of hydrogen-bond donors (Lipinski definition) is 2. The van der Waals surface area contributed by atoms with Crippen LogP contribution in [0, 0.1) is 11.8 Å². The summed E-state index contributed by atoms with van der Waals surface area (Å²) in [5.41, 5.74) is 0. The third kappa shape index (κ3) is 4.18. The van der Waals surface area contributed by atoms with Gasteiger partial charge in [0.25, 0.3) is 0 Å². The summed E-state index contributed by atoms with van der Waals surface area (Å²) in [4.78, 5) is 10.9. The minimum atomic E-state index is -0.230. The van der Waals surface area contributed by atoms with Crippen molar-refractivity contribution in [1.82, 2.24) is 5.32 Å². The summed E-state index contributed by atoms with van der Waals surface area (Å²) in [6.07, 6.45) is 4.72. The van der Waals surface area contributed by atoms with Crippen molar-refractivity contribution in [2.24, 2.45) is 11.8 Å². The average Bonchev–Trinajstić information content (AvgIpc) is 2.29. The van der Waals surface area contributed by atoms with Crippen molar-refractivity contribution >= 4 is 5.97 Å². The van der Waals surface area contributed by atoms with Gasteiger partial charge in [-0.1, -0.05) is 12.8 Å². The van der Waals surface area contributed by atoms with Crippen molar-refractivity contribution in [2.75, 3.05) is 26.8 Å². The normalized spacial score (nSPS) is 26.3. The van der Waals surface area contributed by atoms with Crippen LogP contribution in [0.25, 0.3) is 0 Å². The van der Waals surface area contributed by atoms with Gasteiger partial charge in [-0.3, -0.25) is 4.79 Å². The lowest BCUT2D eigenvalue weighted by atomic mass is 9.79. The number of ether oxygens (including phenoxy) is 1. The number of hydrogen-bond acceptors (Lipinski definition) is 4. The van der Waals surface area contributed by atoms with Crippen LogP contribution in [-0.2, 0) is 9.53 Å². The highest BCUT2D eigenvalue weighted by Crippen LogP contribution is 2.28. The van der Waals surface area contributed by atoms with Gasteiger partial charge in [-0.2, -0.15) is 0 Å². The molecule has 1 aliphatic rings. The van der Waals surface area contributed by atoms with Crippen molar-refractivity contribution in [3.05, 3.63) is 0 Å². The van der Waals surface area contributed by atoms with Gasteiger partial charge in [0.05, 0.1) is 13.7 Å². The zero-order chi connectivity index (χ0) is 11.1. The molecule has 1 fully saturated rings. The van der Waals surface area contributed by atoms with Crippen LogP contribution in [0.4, 0.5) is 0 Å². The molecule has 0 heterocycles. The van der Waals surface area contributed by atoms with Crippen molar-refractivity contribution in [2.45, 2.75) is 25.7 Å². The van der Waals surface area contributed by atoms with Gasteiger partial charge in [-0.15, -0.1) is 0 Å². The number of rotatable bonds is 5. The molecule has 0 aromatic carbocycles. The molecule has 0 aromatic heterocycles. The number of carbonyl (C=O) groups excluding carboxylic acids is 1. The molecule has 2 N–H and O–H groups in total. The molecule has 0 radical (unpaired) electrons. The minimum absolute atomic E-state index is 0.230. The van der Waals surface area contributed by atoms with Gasteiger partial charge in [-0.25, -0.2) is 0 Å². The van der Waals surface area contributed by atoms with Gasteiger partial charge in [0.2, 0.25) is 0 Å². The highest BCUT2D eigenvalue weighted by atomic mass is 16.5. The number of aliphatic hydroxyl groups is 1. The van der Waals surface area contributed by atoms with E-state index in [2.05, 4.69) is 10.1 Å². The first-order valence-electron chi connectivity index (χ1n) is 5.66. The third-order valence-electron chi connectivity index (χ3n) is 3.20. The topological polar surface area (TPSA) is 58.6 Å². The molecule has 15 heavy (non-hydrogen) atoms. The summed E-state index contributed by atoms with van der Waals surface area (Å²) in [5, 5.41) is 12.3. The fourth-order valence-electron chi connectivity index (χ4n) is 2.23. The van der Waals surface area contributed by atoms with E-state index in [1.807, 2.05) is 0 Å². The zero-order valence-electron chi connectivity index (χ0n) is 9.37. The van der Waals surface area contributed by atoms with Crippen LogP contribution in [0.5, 0.6) is 0 Å². The number of nitrogens with one attached hydrogen (secondary N) is 1. The molecule has 1 aliphatic carbocycles. The summed E-state index contributed by atoms with van der Waals surface area (Å²) in [5.74, 6) is 0.684. The van der Waals surface area contributed by atoms with E-state index >= 15 is 0 Å². The number of methoxy groups -OCH3 is 1. The fraction of sp³-hybridized carbons (Fsp3) is 0.909. The number of carbonyl (C=O) groups is 1. The maximum absolute atomic E-state index is 10.9. The second-order valence-corrected chi connectivity index (χ2v) is 4.19. The van der Waals surface area contributed by atoms with Gasteiger partial charge >= 0.3 is 5.97 Å². The summed E-state index contributed by atoms with van der Waals surface area (Å²) in [7, 11) is 1.39. The van der Waals surface area contributed by atoms with E-state index in [0.717, 1.165) is 19.4 Å². The van der Waals surface area contributed by atoms with Crippen LogP contribution < -0.4 is 5.32 Å². The molecule has 2 atom stereocenters. The SMILES string of the molecule is COC(=O)CNCC1CCCCC1CO. The molecule has 0 saturated heterocycles. The van der Waals surface area contributed by atoms with Crippen LogP contribution >= 0.6 is 0 Å².